The van der Waals surface area contributed by atoms with E-state index in [0.717, 1.165) is 11.3 Å². The van der Waals surface area contributed by atoms with Crippen LogP contribution in [-0.2, 0) is 4.79 Å². The predicted molar refractivity (Wildman–Crippen MR) is 102 cm³/mol. The summed E-state index contributed by atoms with van der Waals surface area (Å²) in [5, 5.41) is 0. The zero-order chi connectivity index (χ0) is 18.7. The minimum absolute atomic E-state index is 0.0936. The Hall–Kier alpha value is -2.82. The first-order valence-electron chi connectivity index (χ1n) is 8.93. The van der Waals surface area contributed by atoms with Gasteiger partial charge in [0.1, 0.15) is 11.8 Å². The van der Waals surface area contributed by atoms with Gasteiger partial charge in [-0.05, 0) is 45.0 Å². The van der Waals surface area contributed by atoms with E-state index in [1.54, 1.807) is 16.7 Å². The molecule has 2 amide bonds. The molecule has 0 bridgehead atoms. The highest BCUT2D eigenvalue weighted by Gasteiger charge is 2.36. The number of hydrogen-bond donors (Lipinski definition) is 0. The molecule has 0 spiro atoms. The average molecular weight is 352 g/mol. The van der Waals surface area contributed by atoms with Gasteiger partial charge in [-0.15, -0.1) is 0 Å². The van der Waals surface area contributed by atoms with E-state index in [1.165, 1.54) is 0 Å². The molecule has 1 heterocycles. The Labute approximate surface area is 154 Å². The van der Waals surface area contributed by atoms with Crippen molar-refractivity contribution < 1.29 is 14.3 Å². The summed E-state index contributed by atoms with van der Waals surface area (Å²) >= 11 is 0. The van der Waals surface area contributed by atoms with E-state index in [9.17, 15) is 9.59 Å². The summed E-state index contributed by atoms with van der Waals surface area (Å²) < 4.78 is 5.65. The number of piperazine rings is 1. The summed E-state index contributed by atoms with van der Waals surface area (Å²) in [6, 6.07) is 14.4. The highest BCUT2D eigenvalue weighted by Crippen LogP contribution is 2.30. The average Bonchev–Trinajstić information content (AvgIpc) is 2.65. The number of rotatable bonds is 4. The fourth-order valence-corrected chi connectivity index (χ4v) is 3.21. The maximum Gasteiger partial charge on any atom is 0.254 e. The van der Waals surface area contributed by atoms with Crippen molar-refractivity contribution in [1.82, 2.24) is 4.90 Å². The number of aryl methyl sites for hydroxylation is 1. The summed E-state index contributed by atoms with van der Waals surface area (Å²) in [5.41, 5.74) is 2.47. The van der Waals surface area contributed by atoms with Crippen LogP contribution < -0.4 is 9.64 Å². The summed E-state index contributed by atoms with van der Waals surface area (Å²) in [6.45, 7) is 7.15. The van der Waals surface area contributed by atoms with E-state index in [2.05, 4.69) is 0 Å². The Morgan fingerprint density at radius 2 is 1.81 bits per heavy atom. The van der Waals surface area contributed by atoms with Crippen LogP contribution in [0.25, 0.3) is 0 Å². The van der Waals surface area contributed by atoms with Crippen LogP contribution >= 0.6 is 0 Å². The molecule has 1 unspecified atom stereocenters. The van der Waals surface area contributed by atoms with Crippen molar-refractivity contribution in [3.8, 4) is 5.75 Å². The van der Waals surface area contributed by atoms with Gasteiger partial charge in [-0.1, -0.05) is 29.8 Å². The van der Waals surface area contributed by atoms with E-state index >= 15 is 0 Å². The SMILES string of the molecule is CCOc1ccccc1N1CCN(C(=O)c2ccc(C)cc2)C(C)C1=O. The molecule has 1 atom stereocenters. The largest absolute Gasteiger partial charge is 0.492 e. The van der Waals surface area contributed by atoms with Gasteiger partial charge >= 0.3 is 0 Å². The van der Waals surface area contributed by atoms with Gasteiger partial charge in [0.2, 0.25) is 5.91 Å². The van der Waals surface area contributed by atoms with Crippen LogP contribution in [0.15, 0.2) is 48.5 Å². The van der Waals surface area contributed by atoms with Crippen molar-refractivity contribution in [2.45, 2.75) is 26.8 Å². The maximum absolute atomic E-state index is 13.0. The Morgan fingerprint density at radius 1 is 1.12 bits per heavy atom. The summed E-state index contributed by atoms with van der Waals surface area (Å²) in [4.78, 5) is 29.1. The predicted octanol–water partition coefficient (Wildman–Crippen LogP) is 3.27. The number of nitrogens with zero attached hydrogens (tertiary/aromatic N) is 2. The molecule has 5 nitrogen and oxygen atoms in total. The monoisotopic (exact) mass is 352 g/mol. The Bertz CT molecular complexity index is 801. The van der Waals surface area contributed by atoms with Crippen LogP contribution in [0.2, 0.25) is 0 Å². The summed E-state index contributed by atoms with van der Waals surface area (Å²) in [6.07, 6.45) is 0. The molecular weight excluding hydrogens is 328 g/mol. The fraction of sp³-hybridized carbons (Fsp3) is 0.333. The van der Waals surface area contributed by atoms with Gasteiger partial charge in [0, 0.05) is 18.7 Å². The zero-order valence-electron chi connectivity index (χ0n) is 15.4. The van der Waals surface area contributed by atoms with E-state index in [-0.39, 0.29) is 11.8 Å². The number of benzene rings is 2. The van der Waals surface area contributed by atoms with Gasteiger partial charge in [0.05, 0.1) is 12.3 Å². The first kappa shape index (κ1) is 18.0. The topological polar surface area (TPSA) is 49.9 Å². The first-order chi connectivity index (χ1) is 12.5. The van der Waals surface area contributed by atoms with E-state index in [4.69, 9.17) is 4.74 Å². The molecule has 0 radical (unpaired) electrons. The van der Waals surface area contributed by atoms with Crippen LogP contribution in [0.5, 0.6) is 5.75 Å². The second-order valence-corrected chi connectivity index (χ2v) is 6.43. The third kappa shape index (κ3) is 3.43. The molecule has 136 valence electrons. The molecule has 1 saturated heterocycles. The van der Waals surface area contributed by atoms with Gasteiger partial charge in [-0.2, -0.15) is 0 Å². The minimum atomic E-state index is -0.521. The molecule has 5 heteroatoms. The number of ether oxygens (including phenoxy) is 1. The first-order valence-corrected chi connectivity index (χ1v) is 8.93. The Kier molecular flexibility index (Phi) is 5.26. The van der Waals surface area contributed by atoms with Gasteiger partial charge in [0.25, 0.3) is 5.91 Å². The second-order valence-electron chi connectivity index (χ2n) is 6.43. The van der Waals surface area contributed by atoms with Crippen molar-refractivity contribution in [3.63, 3.8) is 0 Å². The second kappa shape index (κ2) is 7.60. The molecule has 2 aromatic carbocycles. The minimum Gasteiger partial charge on any atom is -0.492 e. The molecule has 0 saturated carbocycles. The van der Waals surface area contributed by atoms with Crippen LogP contribution in [-0.4, -0.2) is 42.5 Å². The number of carbonyl (C=O) groups excluding carboxylic acids is 2. The van der Waals surface area contributed by atoms with Gasteiger partial charge in [-0.3, -0.25) is 9.59 Å². The highest BCUT2D eigenvalue weighted by molar-refractivity contribution is 6.04. The van der Waals surface area contributed by atoms with Crippen molar-refractivity contribution in [2.75, 3.05) is 24.6 Å². The molecule has 1 fully saturated rings. The van der Waals surface area contributed by atoms with Crippen LogP contribution in [0.4, 0.5) is 5.69 Å². The molecule has 1 aliphatic heterocycles. The highest BCUT2D eigenvalue weighted by atomic mass is 16.5. The Morgan fingerprint density at radius 3 is 2.50 bits per heavy atom. The lowest BCUT2D eigenvalue weighted by molar-refractivity contribution is -0.124. The van der Waals surface area contributed by atoms with Crippen LogP contribution in [0.3, 0.4) is 0 Å². The van der Waals surface area contributed by atoms with E-state index < -0.39 is 6.04 Å². The van der Waals surface area contributed by atoms with Crippen molar-refractivity contribution in [3.05, 3.63) is 59.7 Å². The molecule has 0 aromatic heterocycles. The molecule has 2 aromatic rings. The number of carbonyl (C=O) groups is 2. The standard InChI is InChI=1S/C21H24N2O3/c1-4-26-19-8-6-5-7-18(19)23-14-13-22(16(3)20(23)24)21(25)17-11-9-15(2)10-12-17/h5-12,16H,4,13-14H2,1-3H3. The molecule has 1 aliphatic rings. The van der Waals surface area contributed by atoms with Gasteiger partial charge in [-0.25, -0.2) is 0 Å². The van der Waals surface area contributed by atoms with Gasteiger partial charge < -0.3 is 14.5 Å². The fourth-order valence-electron chi connectivity index (χ4n) is 3.21. The van der Waals surface area contributed by atoms with Crippen LogP contribution in [0.1, 0.15) is 29.8 Å². The van der Waals surface area contributed by atoms with Crippen molar-refractivity contribution in [2.24, 2.45) is 0 Å². The van der Waals surface area contributed by atoms with Crippen molar-refractivity contribution >= 4 is 17.5 Å². The molecule has 3 rings (SSSR count). The summed E-state index contributed by atoms with van der Waals surface area (Å²) in [5.74, 6) is 0.487. The smallest absolute Gasteiger partial charge is 0.254 e. The maximum atomic E-state index is 13.0. The third-order valence-electron chi connectivity index (χ3n) is 4.67. The van der Waals surface area contributed by atoms with Crippen molar-refractivity contribution in [1.29, 1.82) is 0 Å². The van der Waals surface area contributed by atoms with E-state index in [1.807, 2.05) is 62.4 Å². The number of amides is 2. The van der Waals surface area contributed by atoms with Gasteiger partial charge in [0.15, 0.2) is 0 Å². The lowest BCUT2D eigenvalue weighted by Crippen LogP contribution is -2.57. The number of anilines is 1. The Balaban J connectivity index is 1.81. The zero-order valence-corrected chi connectivity index (χ0v) is 15.4. The molecular formula is C21H24N2O3. The number of para-hydroxylation sites is 2. The lowest BCUT2D eigenvalue weighted by Gasteiger charge is -2.39. The normalized spacial score (nSPS) is 17.3. The lowest BCUT2D eigenvalue weighted by atomic mass is 10.1. The number of hydrogen-bond acceptors (Lipinski definition) is 3. The van der Waals surface area contributed by atoms with Crippen LogP contribution in [0, 0.1) is 6.92 Å². The molecule has 0 aliphatic carbocycles. The third-order valence-corrected chi connectivity index (χ3v) is 4.67. The molecule has 26 heavy (non-hydrogen) atoms. The quantitative estimate of drug-likeness (QED) is 0.848. The summed E-state index contributed by atoms with van der Waals surface area (Å²) in [7, 11) is 0. The van der Waals surface area contributed by atoms with E-state index in [0.29, 0.717) is 31.0 Å². The molecule has 0 N–H and O–H groups in total.